The molecule has 7 nitrogen and oxygen atoms in total. The molecule has 2 heterocycles. The van der Waals surface area contributed by atoms with E-state index in [2.05, 4.69) is 4.98 Å². The predicted octanol–water partition coefficient (Wildman–Crippen LogP) is 4.42. The summed E-state index contributed by atoms with van der Waals surface area (Å²) < 4.78 is 11.1. The van der Waals surface area contributed by atoms with Gasteiger partial charge in [0.1, 0.15) is 5.76 Å². The Kier molecular flexibility index (Phi) is 6.63. The van der Waals surface area contributed by atoms with Gasteiger partial charge in [-0.3, -0.25) is 14.6 Å². The number of aromatic nitrogens is 1. The third-order valence-electron chi connectivity index (χ3n) is 5.74. The molecule has 4 rings (SSSR count). The van der Waals surface area contributed by atoms with Crippen LogP contribution in [0.1, 0.15) is 35.2 Å². The van der Waals surface area contributed by atoms with Gasteiger partial charge in [-0.25, -0.2) is 0 Å². The lowest BCUT2D eigenvalue weighted by Gasteiger charge is -2.26. The summed E-state index contributed by atoms with van der Waals surface area (Å²) in [4.78, 5) is 32.0. The molecule has 7 heteroatoms. The Labute approximate surface area is 198 Å². The minimum atomic E-state index is -0.814. The van der Waals surface area contributed by atoms with Crippen LogP contribution in [0.15, 0.2) is 72.6 Å². The zero-order valence-electron chi connectivity index (χ0n) is 19.3. The highest BCUT2D eigenvalue weighted by Gasteiger charge is 2.46. The first-order valence-electron chi connectivity index (χ1n) is 11.0. The molecule has 2 aromatic carbocycles. The molecule has 0 spiro atoms. The SMILES string of the molecule is CCOc1ccc([C@@H]2C(=C(O)c3ccc(C)cc3)C(=O)C(=O)N2Cc2cccnc2)cc1OC. The second-order valence-electron chi connectivity index (χ2n) is 8.00. The van der Waals surface area contributed by atoms with Gasteiger partial charge in [-0.05, 0) is 43.2 Å². The number of nitrogens with zero attached hydrogens (tertiary/aromatic N) is 2. The van der Waals surface area contributed by atoms with Gasteiger partial charge in [0, 0.05) is 24.5 Å². The second-order valence-corrected chi connectivity index (χ2v) is 8.00. The Balaban J connectivity index is 1.88. The predicted molar refractivity (Wildman–Crippen MR) is 127 cm³/mol. The molecule has 1 aliphatic heterocycles. The van der Waals surface area contributed by atoms with Crippen molar-refractivity contribution < 1.29 is 24.2 Å². The van der Waals surface area contributed by atoms with Crippen LogP contribution in [0.25, 0.3) is 5.76 Å². The molecule has 0 unspecified atom stereocenters. The summed E-state index contributed by atoms with van der Waals surface area (Å²) in [5, 5.41) is 11.2. The van der Waals surface area contributed by atoms with Crippen molar-refractivity contribution in [3.63, 3.8) is 0 Å². The number of aryl methyl sites for hydroxylation is 1. The van der Waals surface area contributed by atoms with Crippen LogP contribution in [0.2, 0.25) is 0 Å². The van der Waals surface area contributed by atoms with Gasteiger partial charge in [0.2, 0.25) is 0 Å². The molecule has 1 amide bonds. The fourth-order valence-electron chi connectivity index (χ4n) is 4.07. The number of pyridine rings is 1. The standard InChI is InChI=1S/C27H26N2O5/c1-4-34-21-12-11-20(14-22(21)33-3)24-23(25(30)19-9-7-17(2)8-10-19)26(31)27(32)29(24)16-18-6-5-13-28-15-18/h5-15,24,30H,4,16H2,1-3H3/t24-/m1/s1. The smallest absolute Gasteiger partial charge is 0.295 e. The van der Waals surface area contributed by atoms with Gasteiger partial charge < -0.3 is 19.5 Å². The highest BCUT2D eigenvalue weighted by Crippen LogP contribution is 2.42. The van der Waals surface area contributed by atoms with Crippen LogP contribution in [0.3, 0.4) is 0 Å². The number of benzene rings is 2. The molecule has 1 N–H and O–H groups in total. The van der Waals surface area contributed by atoms with Crippen LogP contribution in [0.4, 0.5) is 0 Å². The minimum absolute atomic E-state index is 0.0314. The quantitative estimate of drug-likeness (QED) is 0.320. The van der Waals surface area contributed by atoms with Gasteiger partial charge in [0.25, 0.3) is 11.7 Å². The summed E-state index contributed by atoms with van der Waals surface area (Å²) in [5.41, 5.74) is 2.90. The largest absolute Gasteiger partial charge is 0.507 e. The molecule has 1 aromatic heterocycles. The Hall–Kier alpha value is -4.13. The third-order valence-corrected chi connectivity index (χ3v) is 5.74. The van der Waals surface area contributed by atoms with Crippen LogP contribution >= 0.6 is 0 Å². The molecule has 0 bridgehead atoms. The number of aliphatic hydroxyl groups is 1. The number of likely N-dealkylation sites (tertiary alicyclic amines) is 1. The fraction of sp³-hybridized carbons (Fsp3) is 0.222. The van der Waals surface area contributed by atoms with E-state index in [-0.39, 0.29) is 17.9 Å². The van der Waals surface area contributed by atoms with Gasteiger partial charge in [-0.1, -0.05) is 42.0 Å². The van der Waals surface area contributed by atoms with Gasteiger partial charge in [-0.15, -0.1) is 0 Å². The van der Waals surface area contributed by atoms with E-state index in [0.717, 1.165) is 11.1 Å². The van der Waals surface area contributed by atoms with Crippen molar-refractivity contribution in [1.29, 1.82) is 0 Å². The normalized spacial score (nSPS) is 17.1. The highest BCUT2D eigenvalue weighted by atomic mass is 16.5. The van der Waals surface area contributed by atoms with E-state index >= 15 is 0 Å². The fourth-order valence-corrected chi connectivity index (χ4v) is 4.07. The summed E-state index contributed by atoms with van der Waals surface area (Å²) in [6.45, 7) is 4.42. The van der Waals surface area contributed by atoms with Gasteiger partial charge in [0.05, 0.1) is 25.3 Å². The van der Waals surface area contributed by atoms with E-state index in [4.69, 9.17) is 9.47 Å². The molecule has 174 valence electrons. The molecule has 0 saturated carbocycles. The minimum Gasteiger partial charge on any atom is -0.507 e. The number of carbonyl (C=O) groups excluding carboxylic acids is 2. The van der Waals surface area contributed by atoms with Crippen molar-refractivity contribution in [3.8, 4) is 11.5 Å². The van der Waals surface area contributed by atoms with Crippen LogP contribution in [-0.4, -0.2) is 40.4 Å². The van der Waals surface area contributed by atoms with Crippen molar-refractivity contribution in [3.05, 3.63) is 94.8 Å². The van der Waals surface area contributed by atoms with Crippen molar-refractivity contribution in [2.45, 2.75) is 26.4 Å². The zero-order chi connectivity index (χ0) is 24.2. The number of hydrogen-bond donors (Lipinski definition) is 1. The molecule has 1 fully saturated rings. The van der Waals surface area contributed by atoms with Gasteiger partial charge in [0.15, 0.2) is 11.5 Å². The van der Waals surface area contributed by atoms with Crippen molar-refractivity contribution in [2.24, 2.45) is 0 Å². The maximum absolute atomic E-state index is 13.2. The highest BCUT2D eigenvalue weighted by molar-refractivity contribution is 6.46. The Morgan fingerprint density at radius 1 is 1.09 bits per heavy atom. The van der Waals surface area contributed by atoms with Crippen molar-refractivity contribution >= 4 is 17.4 Å². The van der Waals surface area contributed by atoms with E-state index < -0.39 is 17.7 Å². The molecule has 3 aromatic rings. The maximum atomic E-state index is 13.2. The first kappa shape index (κ1) is 23.0. The monoisotopic (exact) mass is 458 g/mol. The van der Waals surface area contributed by atoms with Crippen LogP contribution in [0.5, 0.6) is 11.5 Å². The van der Waals surface area contributed by atoms with E-state index in [1.807, 2.05) is 32.0 Å². The summed E-state index contributed by atoms with van der Waals surface area (Å²) in [6.07, 6.45) is 3.29. The first-order chi connectivity index (χ1) is 16.4. The lowest BCUT2D eigenvalue weighted by Crippen LogP contribution is -2.29. The summed E-state index contributed by atoms with van der Waals surface area (Å²) in [6, 6.07) is 15.2. The van der Waals surface area contributed by atoms with Crippen molar-refractivity contribution in [2.75, 3.05) is 13.7 Å². The van der Waals surface area contributed by atoms with E-state index in [1.54, 1.807) is 48.8 Å². The van der Waals surface area contributed by atoms with Crippen LogP contribution < -0.4 is 9.47 Å². The molecule has 1 atom stereocenters. The van der Waals surface area contributed by atoms with Crippen LogP contribution in [-0.2, 0) is 16.1 Å². The molecule has 34 heavy (non-hydrogen) atoms. The maximum Gasteiger partial charge on any atom is 0.295 e. The van der Waals surface area contributed by atoms with E-state index in [9.17, 15) is 14.7 Å². The molecule has 1 aliphatic rings. The lowest BCUT2D eigenvalue weighted by atomic mass is 9.94. The Bertz CT molecular complexity index is 1240. The molecule has 1 saturated heterocycles. The third kappa shape index (κ3) is 4.37. The number of amides is 1. The average molecular weight is 459 g/mol. The number of rotatable bonds is 7. The number of aliphatic hydroxyl groups excluding tert-OH is 1. The van der Waals surface area contributed by atoms with Gasteiger partial charge in [-0.2, -0.15) is 0 Å². The number of hydrogen-bond acceptors (Lipinski definition) is 6. The summed E-state index contributed by atoms with van der Waals surface area (Å²) >= 11 is 0. The topological polar surface area (TPSA) is 89.0 Å². The average Bonchev–Trinajstić information content (AvgIpc) is 3.10. The zero-order valence-corrected chi connectivity index (χ0v) is 19.3. The number of methoxy groups -OCH3 is 1. The number of ketones is 1. The molecule has 0 radical (unpaired) electrons. The Morgan fingerprint density at radius 2 is 1.85 bits per heavy atom. The van der Waals surface area contributed by atoms with Crippen LogP contribution in [0, 0.1) is 6.92 Å². The second kappa shape index (κ2) is 9.79. The number of Topliss-reactive ketones (excluding diaryl/α,β-unsaturated/α-hetero) is 1. The summed E-state index contributed by atoms with van der Waals surface area (Å²) in [5.74, 6) is -0.613. The van der Waals surface area contributed by atoms with Gasteiger partial charge >= 0.3 is 0 Å². The van der Waals surface area contributed by atoms with E-state index in [1.165, 1.54) is 12.0 Å². The Morgan fingerprint density at radius 3 is 2.50 bits per heavy atom. The molecule has 0 aliphatic carbocycles. The number of carbonyl (C=O) groups is 2. The first-order valence-corrected chi connectivity index (χ1v) is 11.0. The molecular formula is C27H26N2O5. The van der Waals surface area contributed by atoms with Crippen molar-refractivity contribution in [1.82, 2.24) is 9.88 Å². The molecular weight excluding hydrogens is 432 g/mol. The lowest BCUT2D eigenvalue weighted by molar-refractivity contribution is -0.140. The number of ether oxygens (including phenoxy) is 2. The van der Waals surface area contributed by atoms with E-state index in [0.29, 0.717) is 29.2 Å². The summed E-state index contributed by atoms with van der Waals surface area (Å²) in [7, 11) is 1.53.